The third-order valence-electron chi connectivity index (χ3n) is 2.58. The summed E-state index contributed by atoms with van der Waals surface area (Å²) in [5.41, 5.74) is 6.84. The summed E-state index contributed by atoms with van der Waals surface area (Å²) in [6.45, 7) is 4.18. The van der Waals surface area contributed by atoms with Gasteiger partial charge in [-0.15, -0.1) is 0 Å². The summed E-state index contributed by atoms with van der Waals surface area (Å²) in [5, 5.41) is 4.20. The Morgan fingerprint density at radius 1 is 1.58 bits per heavy atom. The number of anilines is 1. The first-order valence-electron chi connectivity index (χ1n) is 4.22. The van der Waals surface area contributed by atoms with E-state index in [4.69, 9.17) is 5.73 Å². The van der Waals surface area contributed by atoms with Gasteiger partial charge in [0.05, 0.1) is 12.2 Å². The number of nitrogens with zero attached hydrogens (tertiary/aromatic N) is 3. The van der Waals surface area contributed by atoms with Crippen molar-refractivity contribution in [1.82, 2.24) is 14.7 Å². The molecule has 2 N–H and O–H groups in total. The monoisotopic (exact) mass is 166 g/mol. The Bertz CT molecular complexity index is 291. The molecule has 0 fully saturated rings. The molecule has 0 amide bonds. The van der Waals surface area contributed by atoms with Crippen LogP contribution in [-0.2, 0) is 6.54 Å². The second-order valence-electron chi connectivity index (χ2n) is 3.37. The Balaban J connectivity index is 2.41. The van der Waals surface area contributed by atoms with E-state index in [1.807, 2.05) is 10.7 Å². The number of rotatable bonds is 0. The van der Waals surface area contributed by atoms with E-state index in [-0.39, 0.29) is 0 Å². The molecule has 1 aromatic heterocycles. The van der Waals surface area contributed by atoms with Crippen LogP contribution in [0.3, 0.4) is 0 Å². The maximum Gasteiger partial charge on any atom is 0.145 e. The molecule has 2 rings (SSSR count). The van der Waals surface area contributed by atoms with Crippen LogP contribution in [-0.4, -0.2) is 28.3 Å². The molecule has 0 aromatic carbocycles. The lowest BCUT2D eigenvalue weighted by atomic mass is 10.2. The number of fused-ring (bicyclic) bond motifs is 1. The lowest BCUT2D eigenvalue weighted by Crippen LogP contribution is -2.33. The second kappa shape index (κ2) is 2.48. The quantitative estimate of drug-likeness (QED) is 0.609. The number of likely N-dealkylation sites (N-methyl/N-ethyl adjacent to an activating group) is 1. The number of hydrogen-bond acceptors (Lipinski definition) is 3. The van der Waals surface area contributed by atoms with Crippen LogP contribution in [0.15, 0.2) is 6.07 Å². The molecule has 12 heavy (non-hydrogen) atoms. The smallest absolute Gasteiger partial charge is 0.145 e. The average Bonchev–Trinajstić information content (AvgIpc) is 2.39. The van der Waals surface area contributed by atoms with E-state index in [9.17, 15) is 0 Å². The van der Waals surface area contributed by atoms with Gasteiger partial charge in [0, 0.05) is 18.7 Å². The predicted octanol–water partition coefficient (Wildman–Crippen LogP) is 0.472. The molecule has 1 aliphatic rings. The fourth-order valence-electron chi connectivity index (χ4n) is 1.64. The van der Waals surface area contributed by atoms with E-state index < -0.39 is 0 Å². The van der Waals surface area contributed by atoms with Gasteiger partial charge in [0.1, 0.15) is 5.82 Å². The highest BCUT2D eigenvalue weighted by atomic mass is 15.4. The van der Waals surface area contributed by atoms with Crippen molar-refractivity contribution in [3.05, 3.63) is 11.8 Å². The van der Waals surface area contributed by atoms with E-state index in [0.717, 1.165) is 13.1 Å². The van der Waals surface area contributed by atoms with E-state index in [1.54, 1.807) is 0 Å². The van der Waals surface area contributed by atoms with Crippen molar-refractivity contribution in [3.8, 4) is 0 Å². The van der Waals surface area contributed by atoms with Crippen LogP contribution in [0, 0.1) is 0 Å². The Labute approximate surface area is 72.0 Å². The number of nitrogen functional groups attached to an aromatic ring is 1. The van der Waals surface area contributed by atoms with Crippen LogP contribution in [0.4, 0.5) is 5.82 Å². The highest BCUT2D eigenvalue weighted by molar-refractivity contribution is 5.31. The van der Waals surface area contributed by atoms with Crippen molar-refractivity contribution < 1.29 is 0 Å². The zero-order valence-corrected chi connectivity index (χ0v) is 7.49. The maximum atomic E-state index is 5.62. The molecule has 0 spiro atoms. The van der Waals surface area contributed by atoms with Crippen LogP contribution in [0.1, 0.15) is 18.7 Å². The molecule has 66 valence electrons. The van der Waals surface area contributed by atoms with Gasteiger partial charge in [-0.1, -0.05) is 0 Å². The first kappa shape index (κ1) is 7.61. The molecule has 0 saturated carbocycles. The van der Waals surface area contributed by atoms with Crippen molar-refractivity contribution in [2.24, 2.45) is 0 Å². The number of aromatic nitrogens is 2. The van der Waals surface area contributed by atoms with Crippen molar-refractivity contribution in [2.75, 3.05) is 19.3 Å². The topological polar surface area (TPSA) is 47.1 Å². The standard InChI is InChI=1S/C8H14N4/c1-6-7-5-8(9)10-12(7)4-3-11(6)2/h5-6H,3-4H2,1-2H3,(H2,9,10). The molecule has 1 aliphatic heterocycles. The summed E-state index contributed by atoms with van der Waals surface area (Å²) in [5.74, 6) is 0.632. The summed E-state index contributed by atoms with van der Waals surface area (Å²) in [6, 6.07) is 2.39. The molecule has 4 heteroatoms. The van der Waals surface area contributed by atoms with Gasteiger partial charge >= 0.3 is 0 Å². The van der Waals surface area contributed by atoms with Gasteiger partial charge in [-0.2, -0.15) is 5.10 Å². The minimum Gasteiger partial charge on any atom is -0.382 e. The minimum atomic E-state index is 0.434. The summed E-state index contributed by atoms with van der Waals surface area (Å²) in [7, 11) is 2.12. The van der Waals surface area contributed by atoms with Gasteiger partial charge in [-0.3, -0.25) is 9.58 Å². The molecule has 1 atom stereocenters. The highest BCUT2D eigenvalue weighted by Crippen LogP contribution is 2.24. The van der Waals surface area contributed by atoms with E-state index in [2.05, 4.69) is 24.0 Å². The molecule has 2 heterocycles. The van der Waals surface area contributed by atoms with Crippen LogP contribution >= 0.6 is 0 Å². The minimum absolute atomic E-state index is 0.434. The molecule has 1 aromatic rings. The highest BCUT2D eigenvalue weighted by Gasteiger charge is 2.21. The van der Waals surface area contributed by atoms with Crippen LogP contribution in [0.5, 0.6) is 0 Å². The van der Waals surface area contributed by atoms with Gasteiger partial charge in [-0.25, -0.2) is 0 Å². The lowest BCUT2D eigenvalue weighted by Gasteiger charge is -2.30. The zero-order chi connectivity index (χ0) is 8.72. The first-order chi connectivity index (χ1) is 5.68. The predicted molar refractivity (Wildman–Crippen MR) is 47.7 cm³/mol. The Morgan fingerprint density at radius 3 is 3.08 bits per heavy atom. The Morgan fingerprint density at radius 2 is 2.33 bits per heavy atom. The van der Waals surface area contributed by atoms with Crippen molar-refractivity contribution in [2.45, 2.75) is 19.5 Å². The van der Waals surface area contributed by atoms with Crippen molar-refractivity contribution >= 4 is 5.82 Å². The molecule has 0 saturated heterocycles. The van der Waals surface area contributed by atoms with Crippen molar-refractivity contribution in [3.63, 3.8) is 0 Å². The first-order valence-corrected chi connectivity index (χ1v) is 4.22. The van der Waals surface area contributed by atoms with Gasteiger partial charge < -0.3 is 5.73 Å². The summed E-state index contributed by atoms with van der Waals surface area (Å²) in [6.07, 6.45) is 0. The summed E-state index contributed by atoms with van der Waals surface area (Å²) < 4.78 is 2.00. The van der Waals surface area contributed by atoms with E-state index in [1.165, 1.54) is 5.69 Å². The summed E-state index contributed by atoms with van der Waals surface area (Å²) >= 11 is 0. The van der Waals surface area contributed by atoms with Gasteiger partial charge in [0.2, 0.25) is 0 Å². The Hall–Kier alpha value is -1.03. The average molecular weight is 166 g/mol. The SMILES string of the molecule is CC1c2cc(N)nn2CCN1C. The lowest BCUT2D eigenvalue weighted by molar-refractivity contribution is 0.203. The normalized spacial score (nSPS) is 24.0. The number of nitrogens with two attached hydrogens (primary N) is 1. The molecular weight excluding hydrogens is 152 g/mol. The molecule has 1 unspecified atom stereocenters. The molecule has 4 nitrogen and oxygen atoms in total. The third kappa shape index (κ3) is 0.992. The number of hydrogen-bond donors (Lipinski definition) is 1. The van der Waals surface area contributed by atoms with Gasteiger partial charge in [-0.05, 0) is 14.0 Å². The molecular formula is C8H14N4. The van der Waals surface area contributed by atoms with E-state index in [0.29, 0.717) is 11.9 Å². The molecule has 0 radical (unpaired) electrons. The summed E-state index contributed by atoms with van der Waals surface area (Å²) in [4.78, 5) is 2.30. The van der Waals surface area contributed by atoms with Crippen molar-refractivity contribution in [1.29, 1.82) is 0 Å². The largest absolute Gasteiger partial charge is 0.382 e. The van der Waals surface area contributed by atoms with Crippen LogP contribution in [0.2, 0.25) is 0 Å². The fraction of sp³-hybridized carbons (Fsp3) is 0.625. The van der Waals surface area contributed by atoms with Crippen LogP contribution in [0.25, 0.3) is 0 Å². The van der Waals surface area contributed by atoms with Gasteiger partial charge in [0.25, 0.3) is 0 Å². The van der Waals surface area contributed by atoms with E-state index >= 15 is 0 Å². The second-order valence-corrected chi connectivity index (χ2v) is 3.37. The molecule has 0 bridgehead atoms. The van der Waals surface area contributed by atoms with Gasteiger partial charge in [0.15, 0.2) is 0 Å². The zero-order valence-electron chi connectivity index (χ0n) is 7.49. The fourth-order valence-corrected chi connectivity index (χ4v) is 1.64. The molecule has 0 aliphatic carbocycles. The third-order valence-corrected chi connectivity index (χ3v) is 2.58. The van der Waals surface area contributed by atoms with Crippen LogP contribution < -0.4 is 5.73 Å². The maximum absolute atomic E-state index is 5.62. The Kier molecular flexibility index (Phi) is 1.58.